The Kier molecular flexibility index (Phi) is 6.06. The molecule has 0 N–H and O–H groups in total. The Bertz CT molecular complexity index is 508. The summed E-state index contributed by atoms with van der Waals surface area (Å²) < 4.78 is 15.5. The average molecular weight is 430 g/mol. The second-order valence-electron chi connectivity index (χ2n) is 7.06. The van der Waals surface area contributed by atoms with Gasteiger partial charge in [-0.25, -0.2) is 0 Å². The average Bonchev–Trinajstić information content (AvgIpc) is 2.62. The van der Waals surface area contributed by atoms with Gasteiger partial charge in [0.1, 0.15) is 7.14 Å². The van der Waals surface area contributed by atoms with Gasteiger partial charge < -0.3 is 4.57 Å². The first-order valence-corrected chi connectivity index (χ1v) is 12.4. The van der Waals surface area contributed by atoms with Crippen LogP contribution >= 0.6 is 29.7 Å². The molecule has 2 saturated carbocycles. The van der Waals surface area contributed by atoms with Crippen molar-refractivity contribution in [3.63, 3.8) is 0 Å². The normalized spacial score (nSPS) is 21.9. The number of alkyl halides is 1. The molecule has 122 valence electrons. The van der Waals surface area contributed by atoms with Gasteiger partial charge in [-0.15, -0.1) is 0 Å². The van der Waals surface area contributed by atoms with E-state index in [9.17, 15) is 4.57 Å². The van der Waals surface area contributed by atoms with Gasteiger partial charge in [0.2, 0.25) is 0 Å². The highest BCUT2D eigenvalue weighted by Crippen LogP contribution is 2.62. The molecule has 0 saturated heterocycles. The Balaban J connectivity index is 2.03. The van der Waals surface area contributed by atoms with Crippen LogP contribution in [0.4, 0.5) is 0 Å². The molecule has 0 spiro atoms. The van der Waals surface area contributed by atoms with Crippen LogP contribution < -0.4 is 5.30 Å². The van der Waals surface area contributed by atoms with Crippen LogP contribution in [0.3, 0.4) is 0 Å². The summed E-state index contributed by atoms with van der Waals surface area (Å²) in [5, 5.41) is 1.25. The predicted molar refractivity (Wildman–Crippen MR) is 105 cm³/mol. The molecule has 0 unspecified atom stereocenters. The molecule has 0 heterocycles. The van der Waals surface area contributed by atoms with E-state index in [0.29, 0.717) is 11.3 Å². The van der Waals surface area contributed by atoms with E-state index in [1.54, 1.807) is 0 Å². The molecule has 0 aliphatic heterocycles. The van der Waals surface area contributed by atoms with E-state index < -0.39 is 7.14 Å². The minimum Gasteiger partial charge on any atom is -0.318 e. The van der Waals surface area contributed by atoms with Gasteiger partial charge in [0.25, 0.3) is 0 Å². The van der Waals surface area contributed by atoms with Crippen molar-refractivity contribution in [2.75, 3.05) is 0 Å². The molecule has 0 radical (unpaired) electrons. The van der Waals surface area contributed by atoms with Crippen molar-refractivity contribution < 1.29 is 4.57 Å². The van der Waals surface area contributed by atoms with Gasteiger partial charge in [0.15, 0.2) is 0 Å². The van der Waals surface area contributed by atoms with Crippen molar-refractivity contribution in [2.24, 2.45) is 0 Å². The summed E-state index contributed by atoms with van der Waals surface area (Å²) in [5.41, 5.74) is 2.27. The van der Waals surface area contributed by atoms with Crippen LogP contribution in [0.25, 0.3) is 0 Å². The molecule has 2 aliphatic carbocycles. The summed E-state index contributed by atoms with van der Waals surface area (Å²) in [5.74, 6) is 0. The number of rotatable bonds is 4. The number of benzene rings is 1. The quantitative estimate of drug-likeness (QED) is 0.312. The summed E-state index contributed by atoms with van der Waals surface area (Å²) in [6.45, 7) is 0. The van der Waals surface area contributed by atoms with Crippen LogP contribution in [0.5, 0.6) is 0 Å². The van der Waals surface area contributed by atoms with Crippen LogP contribution in [0.1, 0.15) is 69.8 Å². The minimum absolute atomic E-state index is 0.466. The molecule has 3 rings (SSSR count). The summed E-state index contributed by atoms with van der Waals surface area (Å²) in [4.78, 5) is 0. The van der Waals surface area contributed by atoms with Crippen molar-refractivity contribution in [3.8, 4) is 0 Å². The largest absolute Gasteiger partial charge is 0.318 e. The fourth-order valence-corrected chi connectivity index (χ4v) is 10.1. The highest BCUT2D eigenvalue weighted by Gasteiger charge is 2.43. The number of hydrogen-bond donors (Lipinski definition) is 0. The molecular formula is C19H28IOP. The van der Waals surface area contributed by atoms with Crippen LogP contribution in [-0.2, 0) is 8.99 Å². The lowest BCUT2D eigenvalue weighted by Crippen LogP contribution is -2.31. The Morgan fingerprint density at radius 2 is 1.36 bits per heavy atom. The first-order valence-electron chi connectivity index (χ1n) is 9.00. The number of hydrogen-bond acceptors (Lipinski definition) is 1. The second-order valence-corrected chi connectivity index (χ2v) is 11.2. The monoisotopic (exact) mass is 430 g/mol. The molecule has 0 aromatic heterocycles. The van der Waals surface area contributed by atoms with E-state index in [4.69, 9.17) is 0 Å². The van der Waals surface area contributed by atoms with Crippen molar-refractivity contribution in [1.29, 1.82) is 0 Å². The van der Waals surface area contributed by atoms with Gasteiger partial charge in [-0.3, -0.25) is 0 Å². The van der Waals surface area contributed by atoms with Gasteiger partial charge in [-0.1, -0.05) is 85.4 Å². The fourth-order valence-electron chi connectivity index (χ4n) is 4.59. The molecule has 2 fully saturated rings. The lowest BCUT2D eigenvalue weighted by atomic mass is 9.99. The van der Waals surface area contributed by atoms with E-state index in [1.165, 1.54) is 75.1 Å². The molecule has 1 aromatic carbocycles. The van der Waals surface area contributed by atoms with E-state index >= 15 is 0 Å². The minimum atomic E-state index is -2.28. The first kappa shape index (κ1) is 17.0. The highest BCUT2D eigenvalue weighted by molar-refractivity contribution is 14.1. The molecule has 2 aliphatic rings. The van der Waals surface area contributed by atoms with E-state index in [0.717, 1.165) is 4.43 Å². The maximum atomic E-state index is 14.5. The molecule has 3 heteroatoms. The van der Waals surface area contributed by atoms with E-state index in [-0.39, 0.29) is 0 Å². The first-order chi connectivity index (χ1) is 10.8. The smallest absolute Gasteiger partial charge is 0.121 e. The summed E-state index contributed by atoms with van der Waals surface area (Å²) in [7, 11) is -2.28. The van der Waals surface area contributed by atoms with Crippen molar-refractivity contribution in [3.05, 3.63) is 29.8 Å². The third-order valence-corrected chi connectivity index (χ3v) is 11.0. The molecule has 0 amide bonds. The molecule has 22 heavy (non-hydrogen) atoms. The van der Waals surface area contributed by atoms with Crippen molar-refractivity contribution in [1.82, 2.24) is 0 Å². The zero-order chi connectivity index (χ0) is 15.4. The highest BCUT2D eigenvalue weighted by atomic mass is 127. The Morgan fingerprint density at radius 1 is 0.864 bits per heavy atom. The molecule has 1 aromatic rings. The molecule has 1 nitrogen and oxygen atoms in total. The van der Waals surface area contributed by atoms with Crippen LogP contribution in [0.15, 0.2) is 24.3 Å². The molecule has 0 atom stereocenters. The third-order valence-electron chi connectivity index (χ3n) is 5.75. The van der Waals surface area contributed by atoms with Gasteiger partial charge in [-0.05, 0) is 31.2 Å². The third kappa shape index (κ3) is 3.34. The van der Waals surface area contributed by atoms with Gasteiger partial charge in [0.05, 0.1) is 0 Å². The van der Waals surface area contributed by atoms with Crippen LogP contribution in [0.2, 0.25) is 0 Å². The van der Waals surface area contributed by atoms with Crippen molar-refractivity contribution >= 4 is 35.0 Å². The molecular weight excluding hydrogens is 402 g/mol. The van der Waals surface area contributed by atoms with E-state index in [1.807, 2.05) is 0 Å². The Morgan fingerprint density at radius 3 is 1.86 bits per heavy atom. The van der Waals surface area contributed by atoms with Gasteiger partial charge in [0, 0.05) is 21.1 Å². The van der Waals surface area contributed by atoms with Crippen molar-refractivity contribution in [2.45, 2.75) is 80.0 Å². The Hall–Kier alpha value is 0.180. The fraction of sp³-hybridized carbons (Fsp3) is 0.684. The zero-order valence-corrected chi connectivity index (χ0v) is 16.5. The SMILES string of the molecule is O=P(c1ccccc1CI)(C1CCCCC1)C1CCCCC1. The summed E-state index contributed by atoms with van der Waals surface area (Å²) in [6.07, 6.45) is 12.6. The maximum Gasteiger partial charge on any atom is 0.121 e. The lowest BCUT2D eigenvalue weighted by Gasteiger charge is -2.39. The predicted octanol–water partition coefficient (Wildman–Crippen LogP) is 6.28. The zero-order valence-electron chi connectivity index (χ0n) is 13.5. The van der Waals surface area contributed by atoms with Gasteiger partial charge >= 0.3 is 0 Å². The van der Waals surface area contributed by atoms with Crippen LogP contribution in [0, 0.1) is 0 Å². The van der Waals surface area contributed by atoms with Crippen LogP contribution in [-0.4, -0.2) is 11.3 Å². The molecule has 0 bridgehead atoms. The second kappa shape index (κ2) is 7.83. The lowest BCUT2D eigenvalue weighted by molar-refractivity contribution is 0.452. The van der Waals surface area contributed by atoms with Gasteiger partial charge in [-0.2, -0.15) is 0 Å². The maximum absolute atomic E-state index is 14.5. The number of halogens is 1. The Labute approximate surface area is 149 Å². The standard InChI is InChI=1S/C19H28IOP/c20-15-16-9-7-8-14-19(16)22(21,17-10-3-1-4-11-17)18-12-5-2-6-13-18/h7-9,14,17-18H,1-6,10-13,15H2. The summed E-state index contributed by atoms with van der Waals surface area (Å²) >= 11 is 2.44. The van der Waals surface area contributed by atoms with E-state index in [2.05, 4.69) is 46.9 Å². The topological polar surface area (TPSA) is 17.1 Å². The summed E-state index contributed by atoms with van der Waals surface area (Å²) in [6, 6.07) is 8.64.